The van der Waals surface area contributed by atoms with Crippen molar-refractivity contribution in [2.75, 3.05) is 0 Å². The van der Waals surface area contributed by atoms with Crippen LogP contribution in [0.3, 0.4) is 0 Å². The summed E-state index contributed by atoms with van der Waals surface area (Å²) in [6.07, 6.45) is 0. The van der Waals surface area contributed by atoms with E-state index in [2.05, 4.69) is 42.5 Å². The fourth-order valence-corrected chi connectivity index (χ4v) is 1.07. The quantitative estimate of drug-likeness (QED) is 0.348. The molecule has 0 aliphatic rings. The van der Waals surface area contributed by atoms with Crippen molar-refractivity contribution in [1.82, 2.24) is 0 Å². The summed E-state index contributed by atoms with van der Waals surface area (Å²) in [5.41, 5.74) is 0. The van der Waals surface area contributed by atoms with Gasteiger partial charge in [-0.15, -0.1) is 29.7 Å². The van der Waals surface area contributed by atoms with E-state index in [0.29, 0.717) is 0 Å². The number of benzene rings is 1. The Hall–Kier alpha value is 0.150. The van der Waals surface area contributed by atoms with Crippen LogP contribution in [0.2, 0.25) is 0 Å². The van der Waals surface area contributed by atoms with Gasteiger partial charge in [0.05, 0.1) is 0 Å². The molecule has 62 valence electrons. The van der Waals surface area contributed by atoms with E-state index >= 15 is 0 Å². The monoisotopic (exact) mass is 278 g/mol. The number of fused-ring (bicyclic) bond motifs is 1. The predicted molar refractivity (Wildman–Crippen MR) is 39.5 cm³/mol. The summed E-state index contributed by atoms with van der Waals surface area (Å²) >= 11 is 0. The van der Waals surface area contributed by atoms with Crippen molar-refractivity contribution in [3.05, 3.63) is 42.5 Å². The standard InChI is InChI=1S/C9H7.2ClH.Nb/c1-2-5-9-7-3-6-8(9)4-1;;;/h1-7H;2*1H;/q-1;;;+3/p-2. The minimum absolute atomic E-state index is 0. The van der Waals surface area contributed by atoms with Gasteiger partial charge in [-0.2, -0.15) is 17.5 Å². The van der Waals surface area contributed by atoms with Gasteiger partial charge >= 0.3 is 22.4 Å². The molecule has 0 aliphatic carbocycles. The van der Waals surface area contributed by atoms with Gasteiger partial charge in [-0.25, -0.2) is 0 Å². The zero-order valence-corrected chi connectivity index (χ0v) is 9.95. The number of hydrogen-bond donors (Lipinski definition) is 0. The molecule has 2 aromatic carbocycles. The molecule has 2 aromatic rings. The van der Waals surface area contributed by atoms with Crippen LogP contribution < -0.4 is 24.8 Å². The average Bonchev–Trinajstić information content (AvgIpc) is 2.33. The van der Waals surface area contributed by atoms with Gasteiger partial charge < -0.3 is 24.8 Å². The molecule has 3 heteroatoms. The van der Waals surface area contributed by atoms with Crippen molar-refractivity contribution >= 4 is 10.8 Å². The second-order valence-corrected chi connectivity index (χ2v) is 2.15. The fraction of sp³-hybridized carbons (Fsp3) is 0. The molecule has 0 nitrogen and oxygen atoms in total. The largest absolute Gasteiger partial charge is 3.00 e. The first-order chi connectivity index (χ1) is 4.47. The molecule has 0 saturated heterocycles. The second-order valence-electron chi connectivity index (χ2n) is 2.15. The van der Waals surface area contributed by atoms with Gasteiger partial charge in [-0.3, -0.25) is 0 Å². The van der Waals surface area contributed by atoms with Gasteiger partial charge in [-0.1, -0.05) is 6.07 Å². The summed E-state index contributed by atoms with van der Waals surface area (Å²) in [4.78, 5) is 0. The maximum Gasteiger partial charge on any atom is 3.00 e. The summed E-state index contributed by atoms with van der Waals surface area (Å²) < 4.78 is 0. The molecule has 2 rings (SSSR count). The SMILES string of the molecule is [Cl-].[Cl-].[Nb+3].c1ccc2[cH-]ccc2c1. The molecule has 0 bridgehead atoms. The van der Waals surface area contributed by atoms with Crippen LogP contribution in [-0.2, 0) is 22.4 Å². The summed E-state index contributed by atoms with van der Waals surface area (Å²) in [6.45, 7) is 0. The molecule has 0 saturated carbocycles. The van der Waals surface area contributed by atoms with Crippen LogP contribution in [0.5, 0.6) is 0 Å². The Morgan fingerprint density at radius 3 is 2.25 bits per heavy atom. The predicted octanol–water partition coefficient (Wildman–Crippen LogP) is -3.44. The van der Waals surface area contributed by atoms with Gasteiger partial charge in [0.25, 0.3) is 0 Å². The van der Waals surface area contributed by atoms with Crippen LogP contribution in [-0.4, -0.2) is 0 Å². The van der Waals surface area contributed by atoms with E-state index < -0.39 is 0 Å². The van der Waals surface area contributed by atoms with Crippen LogP contribution in [0.15, 0.2) is 42.5 Å². The Morgan fingerprint density at radius 1 is 0.917 bits per heavy atom. The molecule has 0 aliphatic heterocycles. The Bertz CT molecular complexity index is 287. The molecule has 12 heavy (non-hydrogen) atoms. The van der Waals surface area contributed by atoms with E-state index in [1.165, 1.54) is 10.8 Å². The third-order valence-electron chi connectivity index (χ3n) is 1.55. The van der Waals surface area contributed by atoms with Gasteiger partial charge in [-0.05, 0) is 0 Å². The van der Waals surface area contributed by atoms with Crippen LogP contribution >= 0.6 is 0 Å². The van der Waals surface area contributed by atoms with E-state index in [4.69, 9.17) is 0 Å². The smallest absolute Gasteiger partial charge is 1.00 e. The second kappa shape index (κ2) is 6.64. The third kappa shape index (κ3) is 2.89. The Labute approximate surface area is 100 Å². The Balaban J connectivity index is 0. The van der Waals surface area contributed by atoms with E-state index in [9.17, 15) is 0 Å². The first kappa shape index (κ1) is 14.7. The summed E-state index contributed by atoms with van der Waals surface area (Å²) in [6, 6.07) is 14.7. The van der Waals surface area contributed by atoms with Gasteiger partial charge in [0, 0.05) is 0 Å². The van der Waals surface area contributed by atoms with Crippen molar-refractivity contribution in [2.45, 2.75) is 0 Å². The van der Waals surface area contributed by atoms with Crippen molar-refractivity contribution in [3.63, 3.8) is 0 Å². The van der Waals surface area contributed by atoms with Crippen LogP contribution in [0, 0.1) is 0 Å². The maximum atomic E-state index is 2.12. The van der Waals surface area contributed by atoms with Crippen molar-refractivity contribution in [3.8, 4) is 0 Å². The molecule has 0 radical (unpaired) electrons. The van der Waals surface area contributed by atoms with E-state index in [1.54, 1.807) is 0 Å². The number of halogens is 2. The minimum Gasteiger partial charge on any atom is -1.00 e. The number of rotatable bonds is 0. The molecule has 0 N–H and O–H groups in total. The van der Waals surface area contributed by atoms with Gasteiger partial charge in [0.2, 0.25) is 0 Å². The van der Waals surface area contributed by atoms with Crippen LogP contribution in [0.1, 0.15) is 0 Å². The third-order valence-corrected chi connectivity index (χ3v) is 1.55. The van der Waals surface area contributed by atoms with Crippen molar-refractivity contribution < 1.29 is 47.2 Å². The first-order valence-electron chi connectivity index (χ1n) is 3.07. The van der Waals surface area contributed by atoms with Gasteiger partial charge in [0.15, 0.2) is 0 Å². The Kier molecular flexibility index (Phi) is 8.12. The maximum absolute atomic E-state index is 2.12. The topological polar surface area (TPSA) is 0 Å². The molecule has 0 aromatic heterocycles. The molecular formula is C9H7Cl2Nb. The zero-order chi connectivity index (χ0) is 6.10. The average molecular weight is 279 g/mol. The Morgan fingerprint density at radius 2 is 1.58 bits per heavy atom. The minimum atomic E-state index is 0. The summed E-state index contributed by atoms with van der Waals surface area (Å²) in [7, 11) is 0. The van der Waals surface area contributed by atoms with Crippen LogP contribution in [0.4, 0.5) is 0 Å². The molecular weight excluding hydrogens is 272 g/mol. The van der Waals surface area contributed by atoms with Gasteiger partial charge in [0.1, 0.15) is 0 Å². The van der Waals surface area contributed by atoms with E-state index in [0.717, 1.165) is 0 Å². The van der Waals surface area contributed by atoms with E-state index in [1.807, 2.05) is 0 Å². The fourth-order valence-electron chi connectivity index (χ4n) is 1.07. The van der Waals surface area contributed by atoms with Crippen molar-refractivity contribution in [2.24, 2.45) is 0 Å². The summed E-state index contributed by atoms with van der Waals surface area (Å²) in [5.74, 6) is 0. The molecule has 0 atom stereocenters. The van der Waals surface area contributed by atoms with E-state index in [-0.39, 0.29) is 47.2 Å². The molecule has 0 unspecified atom stereocenters. The first-order valence-corrected chi connectivity index (χ1v) is 3.07. The van der Waals surface area contributed by atoms with Crippen LogP contribution in [0.25, 0.3) is 10.8 Å². The van der Waals surface area contributed by atoms with Crippen molar-refractivity contribution in [1.29, 1.82) is 0 Å². The summed E-state index contributed by atoms with van der Waals surface area (Å²) in [5, 5.41) is 2.66. The normalized spacial score (nSPS) is 7.67. The molecule has 0 amide bonds. The zero-order valence-electron chi connectivity index (χ0n) is 6.24. The number of hydrogen-bond acceptors (Lipinski definition) is 0. The molecule has 0 heterocycles. The molecule has 0 spiro atoms. The molecule has 0 fully saturated rings.